The quantitative estimate of drug-likeness (QED) is 0.893. The van der Waals surface area contributed by atoms with Gasteiger partial charge in [0.05, 0.1) is 6.10 Å². The maximum absolute atomic E-state index is 10.5. The van der Waals surface area contributed by atoms with Gasteiger partial charge >= 0.3 is 0 Å². The smallest absolute Gasteiger partial charge is 0.0711 e. The molecule has 1 saturated carbocycles. The number of pyridine rings is 1. The standard InChI is InChI=1S/C20H31N3O/c24-19-15-23(14-16(19)13-17-3-1-2-10-22-17)18-4-6-20(7-5-18)8-11-21-12-9-20/h1-3,10,16,18-19,21,24H,4-9,11-15H2/t16-,19-/m1/s1. The minimum Gasteiger partial charge on any atom is -0.391 e. The summed E-state index contributed by atoms with van der Waals surface area (Å²) >= 11 is 0. The molecule has 1 aromatic rings. The predicted molar refractivity (Wildman–Crippen MR) is 95.8 cm³/mol. The zero-order valence-electron chi connectivity index (χ0n) is 14.7. The fraction of sp³-hybridized carbons (Fsp3) is 0.750. The molecule has 2 saturated heterocycles. The van der Waals surface area contributed by atoms with Gasteiger partial charge < -0.3 is 10.4 Å². The first-order valence-corrected chi connectivity index (χ1v) is 9.77. The Morgan fingerprint density at radius 3 is 2.62 bits per heavy atom. The van der Waals surface area contributed by atoms with E-state index in [4.69, 9.17) is 0 Å². The number of aliphatic hydroxyl groups excluding tert-OH is 1. The SMILES string of the molecule is O[C@@H]1CN(C2CCC3(CCNCC3)CC2)C[C@H]1Cc1ccccn1. The summed E-state index contributed by atoms with van der Waals surface area (Å²) in [5, 5.41) is 14.0. The van der Waals surface area contributed by atoms with Gasteiger partial charge in [0.1, 0.15) is 0 Å². The van der Waals surface area contributed by atoms with Crippen molar-refractivity contribution in [3.8, 4) is 0 Å². The average molecular weight is 329 g/mol. The number of aromatic nitrogens is 1. The van der Waals surface area contributed by atoms with Crippen molar-refractivity contribution in [1.29, 1.82) is 0 Å². The molecule has 24 heavy (non-hydrogen) atoms. The maximum atomic E-state index is 10.5. The molecule has 2 aliphatic heterocycles. The summed E-state index contributed by atoms with van der Waals surface area (Å²) in [7, 11) is 0. The summed E-state index contributed by atoms with van der Waals surface area (Å²) in [5.74, 6) is 0.342. The van der Waals surface area contributed by atoms with Crippen LogP contribution in [0.25, 0.3) is 0 Å². The Labute approximate surface area is 145 Å². The van der Waals surface area contributed by atoms with Crippen molar-refractivity contribution in [2.24, 2.45) is 11.3 Å². The van der Waals surface area contributed by atoms with Gasteiger partial charge in [-0.25, -0.2) is 0 Å². The van der Waals surface area contributed by atoms with Crippen molar-refractivity contribution in [2.45, 2.75) is 57.1 Å². The van der Waals surface area contributed by atoms with Crippen LogP contribution in [0, 0.1) is 11.3 Å². The van der Waals surface area contributed by atoms with Crippen LogP contribution in [0.1, 0.15) is 44.2 Å². The van der Waals surface area contributed by atoms with Crippen molar-refractivity contribution in [2.75, 3.05) is 26.2 Å². The molecule has 0 unspecified atom stereocenters. The lowest BCUT2D eigenvalue weighted by atomic mass is 9.67. The van der Waals surface area contributed by atoms with E-state index in [-0.39, 0.29) is 6.10 Å². The average Bonchev–Trinajstić information content (AvgIpc) is 2.98. The first-order valence-electron chi connectivity index (χ1n) is 9.77. The van der Waals surface area contributed by atoms with Gasteiger partial charge in [-0.1, -0.05) is 6.07 Å². The number of hydrogen-bond donors (Lipinski definition) is 2. The lowest BCUT2D eigenvalue weighted by Crippen LogP contribution is -2.44. The summed E-state index contributed by atoms with van der Waals surface area (Å²) < 4.78 is 0. The summed E-state index contributed by atoms with van der Waals surface area (Å²) in [6.07, 6.45) is 10.7. The molecule has 2 atom stereocenters. The van der Waals surface area contributed by atoms with Crippen LogP contribution in [-0.4, -0.2) is 53.3 Å². The first kappa shape index (κ1) is 16.5. The lowest BCUT2D eigenvalue weighted by Gasteiger charge is -2.45. The highest BCUT2D eigenvalue weighted by molar-refractivity contribution is 5.06. The molecule has 4 rings (SSSR count). The fourth-order valence-corrected chi connectivity index (χ4v) is 5.21. The van der Waals surface area contributed by atoms with Gasteiger partial charge in [0, 0.05) is 36.9 Å². The number of piperidine rings is 1. The van der Waals surface area contributed by atoms with E-state index in [1.54, 1.807) is 0 Å². The fourth-order valence-electron chi connectivity index (χ4n) is 5.21. The van der Waals surface area contributed by atoms with Crippen LogP contribution >= 0.6 is 0 Å². The molecular weight excluding hydrogens is 298 g/mol. The molecule has 1 spiro atoms. The topological polar surface area (TPSA) is 48.4 Å². The van der Waals surface area contributed by atoms with E-state index in [9.17, 15) is 5.11 Å². The third kappa shape index (κ3) is 3.51. The Balaban J connectivity index is 1.31. The van der Waals surface area contributed by atoms with Gasteiger partial charge in [-0.2, -0.15) is 0 Å². The summed E-state index contributed by atoms with van der Waals surface area (Å²) in [6.45, 7) is 4.31. The Bertz CT molecular complexity index is 519. The van der Waals surface area contributed by atoms with Crippen LogP contribution in [0.5, 0.6) is 0 Å². The second-order valence-corrected chi connectivity index (χ2v) is 8.29. The van der Waals surface area contributed by atoms with Gasteiger partial charge in [-0.15, -0.1) is 0 Å². The minimum absolute atomic E-state index is 0.193. The number of likely N-dealkylation sites (tertiary alicyclic amines) is 1. The molecule has 4 nitrogen and oxygen atoms in total. The predicted octanol–water partition coefficient (Wildman–Crippen LogP) is 2.23. The molecular formula is C20H31N3O. The lowest BCUT2D eigenvalue weighted by molar-refractivity contribution is 0.0688. The van der Waals surface area contributed by atoms with E-state index in [2.05, 4.69) is 21.3 Å². The van der Waals surface area contributed by atoms with Crippen LogP contribution in [0.2, 0.25) is 0 Å². The largest absolute Gasteiger partial charge is 0.391 e. The zero-order chi connectivity index (χ0) is 16.4. The summed E-state index contributed by atoms with van der Waals surface area (Å²) in [5.41, 5.74) is 1.74. The Morgan fingerprint density at radius 2 is 1.92 bits per heavy atom. The minimum atomic E-state index is -0.193. The molecule has 1 aromatic heterocycles. The van der Waals surface area contributed by atoms with E-state index in [1.807, 2.05) is 18.3 Å². The van der Waals surface area contributed by atoms with Gasteiger partial charge in [-0.05, 0) is 75.6 Å². The first-order chi connectivity index (χ1) is 11.7. The molecule has 1 aliphatic carbocycles. The molecule has 3 heterocycles. The molecule has 2 N–H and O–H groups in total. The number of nitrogens with one attached hydrogen (secondary N) is 1. The highest BCUT2D eigenvalue weighted by Gasteiger charge is 2.41. The maximum Gasteiger partial charge on any atom is 0.0711 e. The monoisotopic (exact) mass is 329 g/mol. The van der Waals surface area contributed by atoms with Gasteiger partial charge in [0.2, 0.25) is 0 Å². The molecule has 0 amide bonds. The van der Waals surface area contributed by atoms with Gasteiger partial charge in [0.25, 0.3) is 0 Å². The van der Waals surface area contributed by atoms with Gasteiger partial charge in [0.15, 0.2) is 0 Å². The van der Waals surface area contributed by atoms with E-state index in [0.717, 1.165) is 25.2 Å². The molecule has 0 radical (unpaired) electrons. The second-order valence-electron chi connectivity index (χ2n) is 8.29. The normalized spacial score (nSPS) is 31.5. The molecule has 0 aromatic carbocycles. The summed E-state index contributed by atoms with van der Waals surface area (Å²) in [6, 6.07) is 6.77. The van der Waals surface area contributed by atoms with Crippen LogP contribution in [-0.2, 0) is 6.42 Å². The second kappa shape index (κ2) is 7.11. The van der Waals surface area contributed by atoms with Crippen LogP contribution in [0.3, 0.4) is 0 Å². The highest BCUT2D eigenvalue weighted by atomic mass is 16.3. The Kier molecular flexibility index (Phi) is 4.88. The highest BCUT2D eigenvalue weighted by Crippen LogP contribution is 2.44. The molecule has 3 fully saturated rings. The number of rotatable bonds is 3. The molecule has 132 valence electrons. The van der Waals surface area contributed by atoms with Crippen molar-refractivity contribution < 1.29 is 5.11 Å². The van der Waals surface area contributed by atoms with Crippen LogP contribution < -0.4 is 5.32 Å². The Morgan fingerprint density at radius 1 is 1.12 bits per heavy atom. The molecule has 0 bridgehead atoms. The van der Waals surface area contributed by atoms with E-state index in [1.165, 1.54) is 51.6 Å². The van der Waals surface area contributed by atoms with E-state index in [0.29, 0.717) is 17.4 Å². The van der Waals surface area contributed by atoms with Crippen molar-refractivity contribution in [1.82, 2.24) is 15.2 Å². The molecule has 4 heteroatoms. The van der Waals surface area contributed by atoms with E-state index < -0.39 is 0 Å². The third-order valence-electron chi connectivity index (χ3n) is 6.83. The number of nitrogens with zero attached hydrogens (tertiary/aromatic N) is 2. The van der Waals surface area contributed by atoms with Crippen LogP contribution in [0.4, 0.5) is 0 Å². The van der Waals surface area contributed by atoms with Crippen molar-refractivity contribution in [3.63, 3.8) is 0 Å². The third-order valence-corrected chi connectivity index (χ3v) is 6.83. The zero-order valence-corrected chi connectivity index (χ0v) is 14.7. The van der Waals surface area contributed by atoms with Crippen molar-refractivity contribution >= 4 is 0 Å². The number of aliphatic hydroxyl groups is 1. The number of hydrogen-bond acceptors (Lipinski definition) is 4. The van der Waals surface area contributed by atoms with E-state index >= 15 is 0 Å². The van der Waals surface area contributed by atoms with Crippen molar-refractivity contribution in [3.05, 3.63) is 30.1 Å². The number of β-amino-alcohol motifs (C(OH)–C–C–N with tert-alkyl or cyclic N) is 1. The summed E-state index contributed by atoms with van der Waals surface area (Å²) in [4.78, 5) is 7.01. The Hall–Kier alpha value is -0.970. The van der Waals surface area contributed by atoms with Crippen LogP contribution in [0.15, 0.2) is 24.4 Å². The molecule has 3 aliphatic rings. The van der Waals surface area contributed by atoms with Gasteiger partial charge in [-0.3, -0.25) is 9.88 Å².